The smallest absolute Gasteiger partial charge is 0.231 e. The van der Waals surface area contributed by atoms with Gasteiger partial charge < -0.3 is 9.47 Å². The minimum Gasteiger partial charge on any atom is -0.478 e. The number of halogens is 3. The number of ether oxygens (including phenoxy) is 2. The normalized spacial score (nSPS) is 16.6. The van der Waals surface area contributed by atoms with E-state index in [0.29, 0.717) is 46.9 Å². The molecule has 0 aliphatic carbocycles. The number of carbonyl (C=O) groups is 1. The number of benzene rings is 3. The molecular formula is C24H16BrCl2NO3. The van der Waals surface area contributed by atoms with E-state index in [0.717, 1.165) is 26.9 Å². The minimum absolute atomic E-state index is 0.133. The van der Waals surface area contributed by atoms with Gasteiger partial charge in [0.15, 0.2) is 5.76 Å². The van der Waals surface area contributed by atoms with Crippen LogP contribution in [0.4, 0.5) is 0 Å². The van der Waals surface area contributed by atoms with Crippen molar-refractivity contribution in [1.29, 1.82) is 0 Å². The molecule has 2 heterocycles. The highest BCUT2D eigenvalue weighted by atomic mass is 79.9. The van der Waals surface area contributed by atoms with Crippen LogP contribution in [-0.4, -0.2) is 17.4 Å². The second-order valence-corrected chi connectivity index (χ2v) is 9.07. The molecule has 5 rings (SSSR count). The van der Waals surface area contributed by atoms with Gasteiger partial charge in [0.2, 0.25) is 5.78 Å². The van der Waals surface area contributed by atoms with Crippen molar-refractivity contribution in [2.24, 2.45) is 0 Å². The minimum atomic E-state index is -0.133. The number of hydrogen-bond acceptors (Lipinski definition) is 4. The zero-order chi connectivity index (χ0) is 21.5. The Morgan fingerprint density at radius 1 is 1.10 bits per heavy atom. The Hall–Kier alpha value is -2.31. The van der Waals surface area contributed by atoms with E-state index in [4.69, 9.17) is 32.7 Å². The lowest BCUT2D eigenvalue weighted by Crippen LogP contribution is -2.31. The highest BCUT2D eigenvalue weighted by Crippen LogP contribution is 2.42. The van der Waals surface area contributed by atoms with Gasteiger partial charge in [-0.3, -0.25) is 9.69 Å². The molecule has 156 valence electrons. The molecule has 0 amide bonds. The van der Waals surface area contributed by atoms with Crippen molar-refractivity contribution in [3.8, 4) is 11.5 Å². The number of Topliss-reactive ketones (excluding diaryl/α,β-unsaturated/α-hetero) is 1. The Balaban J connectivity index is 1.43. The summed E-state index contributed by atoms with van der Waals surface area (Å²) in [6.07, 6.45) is 1.76. The molecule has 0 unspecified atom stereocenters. The van der Waals surface area contributed by atoms with Crippen molar-refractivity contribution in [3.63, 3.8) is 0 Å². The van der Waals surface area contributed by atoms with Crippen molar-refractivity contribution in [2.75, 3.05) is 6.73 Å². The van der Waals surface area contributed by atoms with Gasteiger partial charge in [-0.2, -0.15) is 0 Å². The third-order valence-corrected chi connectivity index (χ3v) is 6.59. The summed E-state index contributed by atoms with van der Waals surface area (Å²) in [5.41, 5.74) is 3.24. The lowest BCUT2D eigenvalue weighted by Gasteiger charge is -2.30. The van der Waals surface area contributed by atoms with Gasteiger partial charge in [0.1, 0.15) is 18.2 Å². The fourth-order valence-electron chi connectivity index (χ4n) is 3.73. The van der Waals surface area contributed by atoms with Gasteiger partial charge in [0.25, 0.3) is 0 Å². The van der Waals surface area contributed by atoms with Crippen LogP contribution >= 0.6 is 39.1 Å². The van der Waals surface area contributed by atoms with Crippen molar-refractivity contribution in [2.45, 2.75) is 13.1 Å². The Labute approximate surface area is 198 Å². The Kier molecular flexibility index (Phi) is 5.52. The van der Waals surface area contributed by atoms with Crippen LogP contribution < -0.4 is 9.47 Å². The number of carbonyl (C=O) groups excluding carboxylic acids is 1. The molecule has 0 saturated heterocycles. The van der Waals surface area contributed by atoms with Gasteiger partial charge in [-0.15, -0.1) is 0 Å². The fourth-order valence-corrected chi connectivity index (χ4v) is 4.60. The molecule has 0 aromatic heterocycles. The Morgan fingerprint density at radius 3 is 2.74 bits per heavy atom. The number of rotatable bonds is 3. The number of allylic oxidation sites excluding steroid dienone is 1. The van der Waals surface area contributed by atoms with Gasteiger partial charge in [-0.25, -0.2) is 0 Å². The van der Waals surface area contributed by atoms with Crippen LogP contribution in [0.15, 0.2) is 64.8 Å². The molecule has 0 fully saturated rings. The van der Waals surface area contributed by atoms with Crippen LogP contribution in [0, 0.1) is 0 Å². The van der Waals surface area contributed by atoms with Crippen LogP contribution in [0.2, 0.25) is 10.0 Å². The van der Waals surface area contributed by atoms with E-state index >= 15 is 0 Å². The summed E-state index contributed by atoms with van der Waals surface area (Å²) >= 11 is 15.9. The van der Waals surface area contributed by atoms with Gasteiger partial charge in [0, 0.05) is 27.6 Å². The maximum Gasteiger partial charge on any atom is 0.231 e. The molecule has 7 heteroatoms. The monoisotopic (exact) mass is 515 g/mol. The predicted molar refractivity (Wildman–Crippen MR) is 125 cm³/mol. The van der Waals surface area contributed by atoms with Crippen LogP contribution in [0.3, 0.4) is 0 Å². The molecule has 0 N–H and O–H groups in total. The second-order valence-electron chi connectivity index (χ2n) is 7.38. The summed E-state index contributed by atoms with van der Waals surface area (Å²) in [5.74, 6) is 1.46. The molecule has 0 bridgehead atoms. The first kappa shape index (κ1) is 20.6. The fraction of sp³-hybridized carbons (Fsp3) is 0.125. The van der Waals surface area contributed by atoms with Gasteiger partial charge in [0.05, 0.1) is 11.1 Å². The zero-order valence-corrected chi connectivity index (χ0v) is 19.3. The second kappa shape index (κ2) is 8.32. The quantitative estimate of drug-likeness (QED) is 0.362. The van der Waals surface area contributed by atoms with Crippen molar-refractivity contribution < 1.29 is 14.3 Å². The molecule has 0 atom stereocenters. The van der Waals surface area contributed by atoms with E-state index in [2.05, 4.69) is 20.8 Å². The average Bonchev–Trinajstić information content (AvgIpc) is 3.08. The highest BCUT2D eigenvalue weighted by Gasteiger charge is 2.33. The highest BCUT2D eigenvalue weighted by molar-refractivity contribution is 9.10. The molecule has 2 aliphatic heterocycles. The van der Waals surface area contributed by atoms with Crippen LogP contribution in [0.5, 0.6) is 11.5 Å². The SMILES string of the molecule is O=C1/C(=C/c2ccccc2Br)Oc2c1ccc1c2CN(Cc2ccc(Cl)cc2Cl)CO1. The molecule has 3 aromatic carbocycles. The average molecular weight is 517 g/mol. The molecule has 3 aromatic rings. The number of ketones is 1. The molecular weight excluding hydrogens is 501 g/mol. The first-order valence-electron chi connectivity index (χ1n) is 9.63. The van der Waals surface area contributed by atoms with Crippen LogP contribution in [0.25, 0.3) is 6.08 Å². The third-order valence-electron chi connectivity index (χ3n) is 5.28. The zero-order valence-electron chi connectivity index (χ0n) is 16.2. The lowest BCUT2D eigenvalue weighted by molar-refractivity contribution is 0.0873. The molecule has 0 saturated carbocycles. The van der Waals surface area contributed by atoms with Crippen molar-refractivity contribution in [1.82, 2.24) is 4.90 Å². The van der Waals surface area contributed by atoms with E-state index in [1.807, 2.05) is 42.5 Å². The topological polar surface area (TPSA) is 38.8 Å². The molecule has 4 nitrogen and oxygen atoms in total. The van der Waals surface area contributed by atoms with Crippen molar-refractivity contribution >= 4 is 51.0 Å². The Bertz CT molecular complexity index is 1240. The maximum absolute atomic E-state index is 13.0. The van der Waals surface area contributed by atoms with E-state index in [1.165, 1.54) is 0 Å². The van der Waals surface area contributed by atoms with E-state index < -0.39 is 0 Å². The summed E-state index contributed by atoms with van der Waals surface area (Å²) in [7, 11) is 0. The van der Waals surface area contributed by atoms with E-state index in [-0.39, 0.29) is 5.78 Å². The number of hydrogen-bond donors (Lipinski definition) is 0. The molecule has 31 heavy (non-hydrogen) atoms. The summed E-state index contributed by atoms with van der Waals surface area (Å²) in [6.45, 7) is 1.58. The van der Waals surface area contributed by atoms with Gasteiger partial charge >= 0.3 is 0 Å². The van der Waals surface area contributed by atoms with E-state index in [1.54, 1.807) is 18.2 Å². The summed E-state index contributed by atoms with van der Waals surface area (Å²) in [4.78, 5) is 15.1. The molecule has 0 radical (unpaired) electrons. The number of nitrogens with zero attached hydrogens (tertiary/aromatic N) is 1. The van der Waals surface area contributed by atoms with Crippen LogP contribution in [-0.2, 0) is 13.1 Å². The molecule has 0 spiro atoms. The van der Waals surface area contributed by atoms with E-state index in [9.17, 15) is 4.79 Å². The van der Waals surface area contributed by atoms with Gasteiger partial charge in [-0.1, -0.05) is 63.4 Å². The summed E-state index contributed by atoms with van der Waals surface area (Å²) in [5, 5.41) is 1.21. The van der Waals surface area contributed by atoms with Crippen molar-refractivity contribution in [3.05, 3.63) is 97.1 Å². The number of fused-ring (bicyclic) bond motifs is 3. The Morgan fingerprint density at radius 2 is 1.94 bits per heavy atom. The standard InChI is InChI=1S/C24H16BrCl2NO3/c25-19-4-2-1-3-14(19)9-22-23(29)17-7-8-21-18(24(17)31-22)12-28(13-30-21)11-15-5-6-16(26)10-20(15)27/h1-10H,11-13H2/b22-9-. The predicted octanol–water partition coefficient (Wildman–Crippen LogP) is 6.72. The lowest BCUT2D eigenvalue weighted by atomic mass is 10.0. The summed E-state index contributed by atoms with van der Waals surface area (Å²) in [6, 6.07) is 16.8. The summed E-state index contributed by atoms with van der Waals surface area (Å²) < 4.78 is 12.9. The van der Waals surface area contributed by atoms with Gasteiger partial charge in [-0.05, 0) is 47.5 Å². The largest absolute Gasteiger partial charge is 0.478 e. The maximum atomic E-state index is 13.0. The molecule has 2 aliphatic rings. The van der Waals surface area contributed by atoms with Crippen LogP contribution in [0.1, 0.15) is 27.0 Å². The first-order valence-corrected chi connectivity index (χ1v) is 11.2. The third kappa shape index (κ3) is 3.99. The first-order chi connectivity index (χ1) is 15.0.